The van der Waals surface area contributed by atoms with Gasteiger partial charge in [0.25, 0.3) is 5.56 Å². The number of nitrogens with one attached hydrogen (secondary N) is 1. The van der Waals surface area contributed by atoms with E-state index in [1.165, 1.54) is 4.90 Å². The van der Waals surface area contributed by atoms with Crippen LogP contribution < -0.4 is 25.7 Å². The van der Waals surface area contributed by atoms with E-state index < -0.39 is 11.6 Å². The Labute approximate surface area is 207 Å². The summed E-state index contributed by atoms with van der Waals surface area (Å²) in [6.07, 6.45) is 1.12. The number of carbonyl (C=O) groups excluding carboxylic acids is 1. The van der Waals surface area contributed by atoms with Gasteiger partial charge in [-0.25, -0.2) is 9.78 Å². The van der Waals surface area contributed by atoms with Crippen LogP contribution in [-0.4, -0.2) is 47.6 Å². The van der Waals surface area contributed by atoms with Crippen molar-refractivity contribution in [2.24, 2.45) is 0 Å². The van der Waals surface area contributed by atoms with Gasteiger partial charge in [0.2, 0.25) is 6.79 Å². The molecule has 10 nitrogen and oxygen atoms in total. The number of benzene rings is 1. The van der Waals surface area contributed by atoms with Gasteiger partial charge in [-0.15, -0.1) is 0 Å². The van der Waals surface area contributed by atoms with Gasteiger partial charge in [0.15, 0.2) is 17.1 Å². The predicted octanol–water partition coefficient (Wildman–Crippen LogP) is -0.545. The van der Waals surface area contributed by atoms with Crippen LogP contribution in [0.1, 0.15) is 42.0 Å². The summed E-state index contributed by atoms with van der Waals surface area (Å²) in [6, 6.07) is 5.61. The maximum atomic E-state index is 13.6. The molecule has 0 bridgehead atoms. The third-order valence-corrected chi connectivity index (χ3v) is 7.63. The minimum absolute atomic E-state index is 0.106. The Morgan fingerprint density at radius 3 is 2.69 bits per heavy atom. The van der Waals surface area contributed by atoms with Gasteiger partial charge in [0.1, 0.15) is 13.2 Å². The highest BCUT2D eigenvalue weighted by Crippen LogP contribution is 2.42. The van der Waals surface area contributed by atoms with Crippen molar-refractivity contribution in [1.29, 1.82) is 0 Å². The van der Waals surface area contributed by atoms with E-state index in [2.05, 4.69) is 12.8 Å². The summed E-state index contributed by atoms with van der Waals surface area (Å²) >= 11 is 0. The second kappa shape index (κ2) is 8.29. The molecule has 1 aromatic carbocycles. The second-order valence-corrected chi connectivity index (χ2v) is 9.83. The van der Waals surface area contributed by atoms with Crippen LogP contribution in [-0.2, 0) is 34.8 Å². The fourth-order valence-corrected chi connectivity index (χ4v) is 5.57. The molecular weight excluding hydrogens is 464 g/mol. The van der Waals surface area contributed by atoms with Gasteiger partial charge in [-0.3, -0.25) is 4.79 Å². The summed E-state index contributed by atoms with van der Waals surface area (Å²) in [5, 5.41) is 12.1. The molecule has 3 aliphatic rings. The van der Waals surface area contributed by atoms with Crippen molar-refractivity contribution < 1.29 is 34.7 Å². The number of aromatic nitrogens is 2. The first-order chi connectivity index (χ1) is 17.4. The summed E-state index contributed by atoms with van der Waals surface area (Å²) in [5.41, 5.74) is 6.61. The number of cyclic esters (lactones) is 1. The van der Waals surface area contributed by atoms with Gasteiger partial charge in [0.05, 0.1) is 49.1 Å². The number of aliphatic hydroxyl groups is 1. The minimum Gasteiger partial charge on any atom is -0.458 e. The molecule has 6 rings (SSSR count). The molecule has 0 saturated heterocycles. The smallest absolute Gasteiger partial charge is 0.343 e. The molecule has 0 spiro atoms. The van der Waals surface area contributed by atoms with Crippen LogP contribution in [0.4, 0.5) is 0 Å². The highest BCUT2D eigenvalue weighted by molar-refractivity contribution is 5.91. The molecule has 2 aromatic heterocycles. The van der Waals surface area contributed by atoms with Crippen LogP contribution in [0, 0.1) is 0 Å². The van der Waals surface area contributed by atoms with Crippen LogP contribution in [0.15, 0.2) is 23.0 Å². The first-order valence-corrected chi connectivity index (χ1v) is 12.4. The Kier molecular flexibility index (Phi) is 5.29. The number of ether oxygens (including phenoxy) is 3. The van der Waals surface area contributed by atoms with E-state index in [0.717, 1.165) is 48.1 Å². The van der Waals surface area contributed by atoms with E-state index >= 15 is 0 Å². The van der Waals surface area contributed by atoms with Gasteiger partial charge in [-0.1, -0.05) is 6.92 Å². The number of rotatable bonds is 6. The number of hydrogen-bond donors (Lipinski definition) is 3. The number of carbonyl (C=O) groups is 1. The molecule has 0 radical (unpaired) electrons. The third kappa shape index (κ3) is 3.25. The molecule has 0 saturated carbocycles. The Balaban J connectivity index is 1.58. The number of esters is 1. The highest BCUT2D eigenvalue weighted by Gasteiger charge is 2.45. The van der Waals surface area contributed by atoms with Crippen molar-refractivity contribution in [3.05, 3.63) is 50.8 Å². The first kappa shape index (κ1) is 23.0. The quantitative estimate of drug-likeness (QED) is 0.307. The van der Waals surface area contributed by atoms with Crippen LogP contribution in [0.3, 0.4) is 0 Å². The topological polar surface area (TPSA) is 132 Å². The Morgan fingerprint density at radius 1 is 1.17 bits per heavy atom. The third-order valence-electron chi connectivity index (χ3n) is 7.63. The molecule has 5 N–H and O–H groups in total. The molecule has 5 heterocycles. The van der Waals surface area contributed by atoms with Crippen LogP contribution >= 0.6 is 0 Å². The summed E-state index contributed by atoms with van der Waals surface area (Å²) in [5.74, 6) is 0.603. The first-order valence-electron chi connectivity index (χ1n) is 12.4. The van der Waals surface area contributed by atoms with E-state index in [9.17, 15) is 14.7 Å². The zero-order chi connectivity index (χ0) is 25.2. The van der Waals surface area contributed by atoms with Crippen molar-refractivity contribution in [2.45, 2.75) is 45.1 Å². The highest BCUT2D eigenvalue weighted by atomic mass is 16.7. The van der Waals surface area contributed by atoms with Gasteiger partial charge in [-0.05, 0) is 18.6 Å². The summed E-state index contributed by atoms with van der Waals surface area (Å²) in [7, 11) is 2.15. The molecule has 3 aromatic rings. The molecule has 0 amide bonds. The maximum absolute atomic E-state index is 13.6. The molecular formula is C26H30N4O6+2. The monoisotopic (exact) mass is 494 g/mol. The molecule has 0 fully saturated rings. The normalized spacial score (nSPS) is 20.2. The fraction of sp³-hybridized carbons (Fsp3) is 0.423. The van der Waals surface area contributed by atoms with E-state index in [-0.39, 0.29) is 25.4 Å². The second-order valence-electron chi connectivity index (χ2n) is 9.83. The zero-order valence-corrected chi connectivity index (χ0v) is 20.5. The number of quaternary nitrogens is 2. The zero-order valence-electron chi connectivity index (χ0n) is 20.5. The van der Waals surface area contributed by atoms with E-state index in [4.69, 9.17) is 19.2 Å². The number of fused-ring (bicyclic) bond motifs is 6. The lowest BCUT2D eigenvalue weighted by Gasteiger charge is -2.31. The Hall–Kier alpha value is -3.47. The molecule has 36 heavy (non-hydrogen) atoms. The van der Waals surface area contributed by atoms with E-state index in [1.807, 2.05) is 12.1 Å². The minimum atomic E-state index is -1.85. The fourth-order valence-electron chi connectivity index (χ4n) is 5.57. The number of hydrogen-bond acceptors (Lipinski definition) is 7. The molecule has 0 aliphatic carbocycles. The summed E-state index contributed by atoms with van der Waals surface area (Å²) in [4.78, 5) is 32.4. The van der Waals surface area contributed by atoms with E-state index in [1.54, 1.807) is 17.6 Å². The molecule has 2 atom stereocenters. The predicted molar refractivity (Wildman–Crippen MR) is 128 cm³/mol. The molecule has 10 heteroatoms. The van der Waals surface area contributed by atoms with Gasteiger partial charge in [-0.2, -0.15) is 0 Å². The maximum Gasteiger partial charge on any atom is 0.343 e. The lowest BCUT2D eigenvalue weighted by Crippen LogP contribution is -3.07. The lowest BCUT2D eigenvalue weighted by atomic mass is 9.86. The van der Waals surface area contributed by atoms with Gasteiger partial charge < -0.3 is 34.5 Å². The largest absolute Gasteiger partial charge is 0.458 e. The average Bonchev–Trinajstić information content (AvgIpc) is 3.48. The van der Waals surface area contributed by atoms with Crippen molar-refractivity contribution in [1.82, 2.24) is 9.55 Å². The SMILES string of the molecule is CC[C@@]1(O)C(=O)OCc2c1cc1n(c2=O)Cc2c-1nc1cc3c(cc1c2C[NH+](C)CCC[NH3+])OCO3. The molecule has 1 unspecified atom stereocenters. The van der Waals surface area contributed by atoms with Crippen molar-refractivity contribution >= 4 is 16.9 Å². The van der Waals surface area contributed by atoms with Crippen LogP contribution in [0.25, 0.3) is 22.3 Å². The Morgan fingerprint density at radius 2 is 1.94 bits per heavy atom. The Bertz CT molecular complexity index is 1480. The summed E-state index contributed by atoms with van der Waals surface area (Å²) in [6.45, 7) is 4.68. The van der Waals surface area contributed by atoms with Gasteiger partial charge in [0, 0.05) is 34.6 Å². The molecule has 188 valence electrons. The van der Waals surface area contributed by atoms with Crippen molar-refractivity contribution in [3.63, 3.8) is 0 Å². The summed E-state index contributed by atoms with van der Waals surface area (Å²) < 4.78 is 18.1. The lowest BCUT2D eigenvalue weighted by molar-refractivity contribution is -0.894. The standard InChI is InChI=1S/C26H28N4O6/c1-3-26(33)18-8-20-23-16(11-30(20)24(31)17(18)12-34-25(26)32)15(10-29(2)6-4-5-27)14-7-21-22(36-13-35-21)9-19(14)28-23/h7-9,33H,3-6,10-13,27H2,1-2H3/p+2/t26-/m0/s1. The molecule has 3 aliphatic heterocycles. The van der Waals surface area contributed by atoms with Crippen LogP contribution in [0.5, 0.6) is 11.5 Å². The van der Waals surface area contributed by atoms with Crippen molar-refractivity contribution in [3.8, 4) is 22.9 Å². The van der Waals surface area contributed by atoms with Gasteiger partial charge >= 0.3 is 5.97 Å². The number of pyridine rings is 2. The average molecular weight is 495 g/mol. The van der Waals surface area contributed by atoms with Crippen LogP contribution in [0.2, 0.25) is 0 Å². The van der Waals surface area contributed by atoms with E-state index in [0.29, 0.717) is 40.6 Å². The number of nitrogens with zero attached hydrogens (tertiary/aromatic N) is 2. The van der Waals surface area contributed by atoms with Crippen molar-refractivity contribution in [2.75, 3.05) is 26.9 Å².